The standard InChI is InChI=1S/C6H13N7O/c1-2-11-13(12-8)5-4(7)6(14)10-3-9-5/h3,11-12H,2,7-8H2,1H3,(H,9,10,14). The highest BCUT2D eigenvalue weighted by atomic mass is 16.1. The van der Waals surface area contributed by atoms with Gasteiger partial charge in [-0.25, -0.2) is 15.5 Å². The number of aromatic amines is 1. The van der Waals surface area contributed by atoms with Crippen LogP contribution >= 0.6 is 0 Å². The molecule has 0 aromatic carbocycles. The smallest absolute Gasteiger partial charge is 0.276 e. The van der Waals surface area contributed by atoms with E-state index < -0.39 is 5.56 Å². The maximum absolute atomic E-state index is 11.1. The van der Waals surface area contributed by atoms with Crippen LogP contribution in [0.3, 0.4) is 0 Å². The van der Waals surface area contributed by atoms with Crippen molar-refractivity contribution in [2.45, 2.75) is 6.92 Å². The summed E-state index contributed by atoms with van der Waals surface area (Å²) in [5, 5.41) is 1.27. The molecular formula is C6H13N7O. The topological polar surface area (TPSA) is 125 Å². The first-order chi connectivity index (χ1) is 6.70. The van der Waals surface area contributed by atoms with Gasteiger partial charge in [0.2, 0.25) is 0 Å². The van der Waals surface area contributed by atoms with E-state index in [2.05, 4.69) is 20.9 Å². The Balaban J connectivity index is 3.03. The van der Waals surface area contributed by atoms with Gasteiger partial charge in [0.1, 0.15) is 5.69 Å². The molecule has 0 radical (unpaired) electrons. The number of nitrogens with zero attached hydrogens (tertiary/aromatic N) is 2. The lowest BCUT2D eigenvalue weighted by Crippen LogP contribution is -2.53. The predicted octanol–water partition coefficient (Wildman–Crippen LogP) is -1.94. The highest BCUT2D eigenvalue weighted by molar-refractivity contribution is 5.59. The SMILES string of the molecule is CCNN(NN)c1nc[nH]c(=O)c1N. The van der Waals surface area contributed by atoms with Crippen LogP contribution in [-0.2, 0) is 0 Å². The summed E-state index contributed by atoms with van der Waals surface area (Å²) in [4.78, 5) is 17.3. The Morgan fingerprint density at radius 2 is 2.43 bits per heavy atom. The number of H-pyrrole nitrogens is 1. The van der Waals surface area contributed by atoms with Crippen molar-refractivity contribution < 1.29 is 0 Å². The Kier molecular flexibility index (Phi) is 3.40. The van der Waals surface area contributed by atoms with Crippen LogP contribution in [0.15, 0.2) is 11.1 Å². The average Bonchev–Trinajstić information content (AvgIpc) is 2.19. The number of hydrazine groups is 3. The molecule has 8 nitrogen and oxygen atoms in total. The average molecular weight is 199 g/mol. The second kappa shape index (κ2) is 4.56. The van der Waals surface area contributed by atoms with E-state index in [0.29, 0.717) is 6.54 Å². The minimum Gasteiger partial charge on any atom is -0.391 e. The highest BCUT2D eigenvalue weighted by Gasteiger charge is 2.11. The minimum absolute atomic E-state index is 0.00796. The van der Waals surface area contributed by atoms with Crippen LogP contribution in [0.5, 0.6) is 0 Å². The van der Waals surface area contributed by atoms with Crippen LogP contribution in [-0.4, -0.2) is 16.5 Å². The van der Waals surface area contributed by atoms with E-state index in [9.17, 15) is 4.79 Å². The molecule has 0 fully saturated rings. The molecule has 1 aromatic rings. The van der Waals surface area contributed by atoms with Crippen molar-refractivity contribution >= 4 is 11.5 Å². The third-order valence-corrected chi connectivity index (χ3v) is 1.53. The third-order valence-electron chi connectivity index (χ3n) is 1.53. The third kappa shape index (κ3) is 1.99. The molecule has 78 valence electrons. The normalized spacial score (nSPS) is 10.1. The lowest BCUT2D eigenvalue weighted by molar-refractivity contribution is 0.544. The highest BCUT2D eigenvalue weighted by Crippen LogP contribution is 2.09. The van der Waals surface area contributed by atoms with Gasteiger partial charge in [0, 0.05) is 6.54 Å². The van der Waals surface area contributed by atoms with Crippen LogP contribution in [0.2, 0.25) is 0 Å². The van der Waals surface area contributed by atoms with Crippen molar-refractivity contribution in [3.63, 3.8) is 0 Å². The van der Waals surface area contributed by atoms with Gasteiger partial charge in [-0.3, -0.25) is 10.6 Å². The van der Waals surface area contributed by atoms with Gasteiger partial charge in [0.05, 0.1) is 6.33 Å². The van der Waals surface area contributed by atoms with E-state index in [1.54, 1.807) is 0 Å². The monoisotopic (exact) mass is 199 g/mol. The second-order valence-electron chi connectivity index (χ2n) is 2.45. The molecule has 0 unspecified atom stereocenters. The number of hydrogen-bond acceptors (Lipinski definition) is 7. The van der Waals surface area contributed by atoms with E-state index in [1.165, 1.54) is 11.4 Å². The minimum atomic E-state index is -0.409. The van der Waals surface area contributed by atoms with Gasteiger partial charge in [-0.05, 0) is 0 Å². The molecule has 0 atom stereocenters. The van der Waals surface area contributed by atoms with Gasteiger partial charge in [0.25, 0.3) is 5.56 Å². The Bertz CT molecular complexity index is 348. The van der Waals surface area contributed by atoms with Crippen LogP contribution < -0.4 is 33.2 Å². The number of nitrogens with two attached hydrogens (primary N) is 2. The van der Waals surface area contributed by atoms with Gasteiger partial charge in [-0.15, -0.1) is 0 Å². The van der Waals surface area contributed by atoms with Crippen LogP contribution in [0.25, 0.3) is 0 Å². The summed E-state index contributed by atoms with van der Waals surface area (Å²) in [6.07, 6.45) is 1.25. The summed E-state index contributed by atoms with van der Waals surface area (Å²) in [5.41, 5.74) is 10.2. The molecule has 0 aliphatic heterocycles. The number of nitrogen functional groups attached to an aromatic ring is 1. The number of rotatable bonds is 4. The Labute approximate surface area is 80.2 Å². The van der Waals surface area contributed by atoms with E-state index in [-0.39, 0.29) is 11.5 Å². The van der Waals surface area contributed by atoms with Gasteiger partial charge < -0.3 is 10.7 Å². The molecule has 0 saturated heterocycles. The maximum atomic E-state index is 11.1. The van der Waals surface area contributed by atoms with Crippen molar-refractivity contribution in [3.05, 3.63) is 16.7 Å². The molecule has 0 saturated carbocycles. The lowest BCUT2D eigenvalue weighted by Gasteiger charge is -2.21. The molecular weight excluding hydrogens is 186 g/mol. The van der Waals surface area contributed by atoms with Crippen molar-refractivity contribution in [1.82, 2.24) is 20.9 Å². The summed E-state index contributed by atoms with van der Waals surface area (Å²) in [6, 6.07) is 0. The van der Waals surface area contributed by atoms with Crippen LogP contribution in [0.4, 0.5) is 11.5 Å². The summed E-state index contributed by atoms with van der Waals surface area (Å²) in [6.45, 7) is 2.48. The molecule has 0 amide bonds. The molecule has 0 bridgehead atoms. The molecule has 8 heteroatoms. The summed E-state index contributed by atoms with van der Waals surface area (Å²) < 4.78 is 0. The van der Waals surface area contributed by atoms with Gasteiger partial charge in [-0.1, -0.05) is 6.92 Å². The first-order valence-corrected chi connectivity index (χ1v) is 4.03. The largest absolute Gasteiger partial charge is 0.391 e. The lowest BCUT2D eigenvalue weighted by atomic mass is 10.5. The molecule has 1 heterocycles. The van der Waals surface area contributed by atoms with Gasteiger partial charge >= 0.3 is 0 Å². The van der Waals surface area contributed by atoms with Crippen molar-refractivity contribution in [3.8, 4) is 0 Å². The second-order valence-corrected chi connectivity index (χ2v) is 2.45. The number of anilines is 2. The summed E-state index contributed by atoms with van der Waals surface area (Å²) in [7, 11) is 0. The number of aromatic nitrogens is 2. The predicted molar refractivity (Wildman–Crippen MR) is 52.7 cm³/mol. The fraction of sp³-hybridized carbons (Fsp3) is 0.333. The van der Waals surface area contributed by atoms with E-state index in [1.807, 2.05) is 6.92 Å². The van der Waals surface area contributed by atoms with Crippen molar-refractivity contribution in [1.29, 1.82) is 0 Å². The van der Waals surface area contributed by atoms with Gasteiger partial charge in [0.15, 0.2) is 5.82 Å². The maximum Gasteiger partial charge on any atom is 0.276 e. The van der Waals surface area contributed by atoms with E-state index >= 15 is 0 Å². The molecule has 7 N–H and O–H groups in total. The summed E-state index contributed by atoms with van der Waals surface area (Å²) in [5.74, 6) is 5.45. The molecule has 0 aliphatic rings. The first kappa shape index (κ1) is 10.4. The zero-order valence-electron chi connectivity index (χ0n) is 7.74. The van der Waals surface area contributed by atoms with Crippen LogP contribution in [0.1, 0.15) is 6.92 Å². The quantitative estimate of drug-likeness (QED) is 0.282. The van der Waals surface area contributed by atoms with Gasteiger partial charge in [-0.2, -0.15) is 5.53 Å². The number of nitrogens with one attached hydrogen (secondary N) is 3. The van der Waals surface area contributed by atoms with E-state index in [4.69, 9.17) is 11.6 Å². The number of hydrogen-bond donors (Lipinski definition) is 5. The molecule has 1 rings (SSSR count). The molecule has 1 aromatic heterocycles. The Morgan fingerprint density at radius 1 is 1.71 bits per heavy atom. The van der Waals surface area contributed by atoms with E-state index in [0.717, 1.165) is 0 Å². The van der Waals surface area contributed by atoms with Crippen LogP contribution in [0, 0.1) is 0 Å². The fourth-order valence-electron chi connectivity index (χ4n) is 0.919. The molecule has 0 spiro atoms. The van der Waals surface area contributed by atoms with Crippen molar-refractivity contribution in [2.24, 2.45) is 5.84 Å². The molecule has 0 aliphatic carbocycles. The first-order valence-electron chi connectivity index (χ1n) is 4.03. The Morgan fingerprint density at radius 3 is 3.00 bits per heavy atom. The van der Waals surface area contributed by atoms with Crippen molar-refractivity contribution in [2.75, 3.05) is 17.4 Å². The Hall–Kier alpha value is -1.64. The fourth-order valence-corrected chi connectivity index (χ4v) is 0.919. The zero-order chi connectivity index (χ0) is 10.6. The zero-order valence-corrected chi connectivity index (χ0v) is 7.74. The summed E-state index contributed by atoms with van der Waals surface area (Å²) >= 11 is 0. The molecule has 14 heavy (non-hydrogen) atoms.